The van der Waals surface area contributed by atoms with Gasteiger partial charge < -0.3 is 9.72 Å². The first-order valence-electron chi connectivity index (χ1n) is 9.61. The van der Waals surface area contributed by atoms with Gasteiger partial charge in [-0.25, -0.2) is 13.2 Å². The van der Waals surface area contributed by atoms with Crippen molar-refractivity contribution in [3.63, 3.8) is 0 Å². The van der Waals surface area contributed by atoms with Crippen molar-refractivity contribution in [2.24, 2.45) is 0 Å². The molecule has 1 aromatic heterocycles. The van der Waals surface area contributed by atoms with Crippen LogP contribution in [-0.2, 0) is 27.7 Å². The molecule has 162 valence electrons. The number of aromatic amines is 1. The maximum Gasteiger partial charge on any atom is 0.337 e. The second-order valence-electron chi connectivity index (χ2n) is 7.57. The molecule has 1 N–H and O–H groups in total. The van der Waals surface area contributed by atoms with Crippen LogP contribution in [0.5, 0.6) is 0 Å². The van der Waals surface area contributed by atoms with Gasteiger partial charge in [0.05, 0.1) is 22.5 Å². The fraction of sp³-hybridized carbons (Fsp3) is 0.286. The second kappa shape index (κ2) is 7.47. The zero-order valence-electron chi connectivity index (χ0n) is 17.3. The zero-order valence-corrected chi connectivity index (χ0v) is 18.1. The molecular formula is C21H21N3O6S. The number of non-ortho nitro benzene ring substituents is 1. The van der Waals surface area contributed by atoms with Gasteiger partial charge in [0, 0.05) is 48.2 Å². The summed E-state index contributed by atoms with van der Waals surface area (Å²) in [7, 11) is -2.67. The first-order valence-corrected chi connectivity index (χ1v) is 11.0. The normalized spacial score (nSPS) is 14.4. The minimum Gasteiger partial charge on any atom is -0.465 e. The van der Waals surface area contributed by atoms with E-state index in [-0.39, 0.29) is 23.7 Å². The van der Waals surface area contributed by atoms with Gasteiger partial charge >= 0.3 is 5.97 Å². The number of aromatic nitrogens is 1. The molecule has 0 amide bonds. The number of nitro benzene ring substituents is 1. The number of ether oxygens (including phenoxy) is 1. The Balaban J connectivity index is 1.78. The number of fused-ring (bicyclic) bond motifs is 3. The van der Waals surface area contributed by atoms with E-state index in [9.17, 15) is 23.3 Å². The predicted molar refractivity (Wildman–Crippen MR) is 114 cm³/mol. The Morgan fingerprint density at radius 1 is 1.23 bits per heavy atom. The Morgan fingerprint density at radius 2 is 1.97 bits per heavy atom. The molecule has 31 heavy (non-hydrogen) atoms. The molecule has 0 fully saturated rings. The third-order valence-corrected chi connectivity index (χ3v) is 7.77. The van der Waals surface area contributed by atoms with Crippen molar-refractivity contribution in [2.45, 2.75) is 31.7 Å². The Kier molecular flexibility index (Phi) is 5.06. The van der Waals surface area contributed by atoms with Crippen LogP contribution in [-0.4, -0.2) is 42.3 Å². The molecule has 2 aromatic carbocycles. The van der Waals surface area contributed by atoms with Crippen LogP contribution in [0.1, 0.15) is 32.7 Å². The van der Waals surface area contributed by atoms with E-state index < -0.39 is 20.9 Å². The Hall–Kier alpha value is -3.24. The lowest BCUT2D eigenvalue weighted by Gasteiger charge is -2.27. The number of rotatable bonds is 4. The third kappa shape index (κ3) is 3.47. The van der Waals surface area contributed by atoms with Gasteiger partial charge in [-0.2, -0.15) is 4.31 Å². The van der Waals surface area contributed by atoms with E-state index in [1.54, 1.807) is 32.0 Å². The maximum atomic E-state index is 13.4. The van der Waals surface area contributed by atoms with Crippen molar-refractivity contribution < 1.29 is 22.9 Å². The van der Waals surface area contributed by atoms with Crippen LogP contribution in [0.25, 0.3) is 10.9 Å². The van der Waals surface area contributed by atoms with E-state index in [1.807, 2.05) is 0 Å². The molecule has 0 spiro atoms. The van der Waals surface area contributed by atoms with Crippen molar-refractivity contribution in [1.29, 1.82) is 0 Å². The number of benzene rings is 2. The molecule has 9 nitrogen and oxygen atoms in total. The number of nitrogens with one attached hydrogen (secondary N) is 1. The number of nitro groups is 1. The summed E-state index contributed by atoms with van der Waals surface area (Å²) in [5, 5.41) is 12.0. The molecule has 3 aromatic rings. The van der Waals surface area contributed by atoms with E-state index >= 15 is 0 Å². The Bertz CT molecular complexity index is 1340. The maximum absolute atomic E-state index is 13.4. The first kappa shape index (κ1) is 21.0. The van der Waals surface area contributed by atoms with Crippen LogP contribution in [0.3, 0.4) is 0 Å². The van der Waals surface area contributed by atoms with Gasteiger partial charge in [0.1, 0.15) is 0 Å². The van der Waals surface area contributed by atoms with Crippen molar-refractivity contribution in [1.82, 2.24) is 9.29 Å². The van der Waals surface area contributed by atoms with Crippen LogP contribution in [0, 0.1) is 24.0 Å². The second-order valence-corrected chi connectivity index (χ2v) is 9.47. The molecule has 1 aliphatic heterocycles. The van der Waals surface area contributed by atoms with Crippen molar-refractivity contribution >= 4 is 32.6 Å². The highest BCUT2D eigenvalue weighted by atomic mass is 32.2. The monoisotopic (exact) mass is 443 g/mol. The molecule has 0 aliphatic carbocycles. The number of hydrogen-bond acceptors (Lipinski definition) is 6. The summed E-state index contributed by atoms with van der Waals surface area (Å²) < 4.78 is 33.0. The van der Waals surface area contributed by atoms with Gasteiger partial charge in [0.2, 0.25) is 10.0 Å². The van der Waals surface area contributed by atoms with E-state index in [4.69, 9.17) is 4.74 Å². The number of carbonyl (C=O) groups is 1. The number of H-pyrrole nitrogens is 1. The van der Waals surface area contributed by atoms with Crippen LogP contribution in [0.15, 0.2) is 35.2 Å². The summed E-state index contributed by atoms with van der Waals surface area (Å²) >= 11 is 0. The van der Waals surface area contributed by atoms with Gasteiger partial charge in [0.25, 0.3) is 5.69 Å². The third-order valence-electron chi connectivity index (χ3n) is 5.79. The van der Waals surface area contributed by atoms with Crippen LogP contribution in [0.4, 0.5) is 5.69 Å². The summed E-state index contributed by atoms with van der Waals surface area (Å²) in [5.74, 6) is -0.472. The molecule has 2 heterocycles. The molecule has 1 aliphatic rings. The molecular weight excluding hydrogens is 422 g/mol. The smallest absolute Gasteiger partial charge is 0.337 e. The molecule has 4 rings (SSSR count). The lowest BCUT2D eigenvalue weighted by Crippen LogP contribution is -2.36. The van der Waals surface area contributed by atoms with E-state index in [0.29, 0.717) is 23.1 Å². The SMILES string of the molecule is COC(=O)c1ccc2[nH]c3c(c2c1)CN(S(=O)(=O)c1cc([N+](=O)[O-])cc(C)c1C)CC3. The fourth-order valence-corrected chi connectivity index (χ4v) is 5.69. The standard InChI is InChI=1S/C21H21N3O6S/c1-12-8-15(24(26)27)10-20(13(12)2)31(28,29)23-7-6-19-17(11-23)16-9-14(21(25)30-3)4-5-18(16)22-19/h4-5,8-10,22H,6-7,11H2,1-3H3. The largest absolute Gasteiger partial charge is 0.465 e. The van der Waals surface area contributed by atoms with E-state index in [0.717, 1.165) is 28.2 Å². The molecule has 0 radical (unpaired) electrons. The average Bonchev–Trinajstić information content (AvgIpc) is 3.11. The van der Waals surface area contributed by atoms with Gasteiger partial charge in [-0.15, -0.1) is 0 Å². The van der Waals surface area contributed by atoms with Crippen molar-refractivity contribution in [3.05, 3.63) is 68.4 Å². The number of methoxy groups -OCH3 is 1. The lowest BCUT2D eigenvalue weighted by molar-refractivity contribution is -0.385. The molecule has 0 saturated heterocycles. The zero-order chi connectivity index (χ0) is 22.5. The van der Waals surface area contributed by atoms with Crippen molar-refractivity contribution in [2.75, 3.05) is 13.7 Å². The summed E-state index contributed by atoms with van der Waals surface area (Å²) in [4.78, 5) is 25.8. The van der Waals surface area contributed by atoms with E-state index in [2.05, 4.69) is 4.98 Å². The van der Waals surface area contributed by atoms with E-state index in [1.165, 1.54) is 17.5 Å². The molecule has 0 bridgehead atoms. The van der Waals surface area contributed by atoms with Crippen LogP contribution in [0.2, 0.25) is 0 Å². The molecule has 10 heteroatoms. The van der Waals surface area contributed by atoms with Gasteiger partial charge in [-0.3, -0.25) is 10.1 Å². The minimum atomic E-state index is -3.97. The number of nitrogens with zero attached hydrogens (tertiary/aromatic N) is 2. The number of esters is 1. The first-order chi connectivity index (χ1) is 14.6. The Morgan fingerprint density at radius 3 is 2.65 bits per heavy atom. The quantitative estimate of drug-likeness (QED) is 0.375. The highest BCUT2D eigenvalue weighted by Crippen LogP contribution is 2.33. The van der Waals surface area contributed by atoms with Crippen LogP contribution >= 0.6 is 0 Å². The molecule has 0 unspecified atom stereocenters. The lowest BCUT2D eigenvalue weighted by atomic mass is 10.0. The highest BCUT2D eigenvalue weighted by molar-refractivity contribution is 7.89. The summed E-state index contributed by atoms with van der Waals surface area (Å²) in [6.07, 6.45) is 0.462. The number of hydrogen-bond donors (Lipinski definition) is 1. The number of aryl methyl sites for hydroxylation is 1. The fourth-order valence-electron chi connectivity index (χ4n) is 3.96. The van der Waals surface area contributed by atoms with Crippen molar-refractivity contribution in [3.8, 4) is 0 Å². The van der Waals surface area contributed by atoms with Gasteiger partial charge in [0.15, 0.2) is 0 Å². The van der Waals surface area contributed by atoms with Gasteiger partial charge in [-0.1, -0.05) is 0 Å². The average molecular weight is 443 g/mol. The van der Waals surface area contributed by atoms with Crippen LogP contribution < -0.4 is 0 Å². The summed E-state index contributed by atoms with van der Waals surface area (Å²) in [5.41, 5.74) is 3.66. The molecule has 0 saturated carbocycles. The summed E-state index contributed by atoms with van der Waals surface area (Å²) in [6.45, 7) is 3.65. The Labute approximate surface area is 178 Å². The van der Waals surface area contributed by atoms with Gasteiger partial charge in [-0.05, 0) is 48.7 Å². The predicted octanol–water partition coefficient (Wildman–Crippen LogP) is 3.23. The minimum absolute atomic E-state index is 0.0576. The molecule has 0 atom stereocenters. The highest BCUT2D eigenvalue weighted by Gasteiger charge is 2.33. The summed E-state index contributed by atoms with van der Waals surface area (Å²) in [6, 6.07) is 7.61. The number of carbonyl (C=O) groups excluding carboxylic acids is 1. The number of sulfonamides is 1. The topological polar surface area (TPSA) is 123 Å².